The van der Waals surface area contributed by atoms with Gasteiger partial charge in [-0.25, -0.2) is 4.98 Å². The first-order chi connectivity index (χ1) is 14.4. The minimum absolute atomic E-state index is 0.0517. The second kappa shape index (κ2) is 10.2. The summed E-state index contributed by atoms with van der Waals surface area (Å²) in [6.07, 6.45) is 2.96. The number of carbonyl (C=O) groups is 3. The number of amides is 3. The molecule has 9 heteroatoms. The number of piperidine rings is 1. The second-order valence-corrected chi connectivity index (χ2v) is 7.65. The van der Waals surface area contributed by atoms with Gasteiger partial charge in [0.15, 0.2) is 0 Å². The number of likely N-dealkylation sites (tertiary alicyclic amines) is 1. The number of halogens is 1. The molecule has 0 atom stereocenters. The molecule has 3 N–H and O–H groups in total. The van der Waals surface area contributed by atoms with Gasteiger partial charge in [-0.15, -0.1) is 0 Å². The number of rotatable bonds is 5. The van der Waals surface area contributed by atoms with Crippen LogP contribution >= 0.6 is 11.6 Å². The Morgan fingerprint density at radius 3 is 2.57 bits per heavy atom. The Bertz CT molecular complexity index is 928. The van der Waals surface area contributed by atoms with Crippen molar-refractivity contribution in [2.45, 2.75) is 19.8 Å². The minimum atomic E-state index is -0.478. The molecule has 1 aromatic heterocycles. The molecule has 2 aromatic rings. The molecule has 2 heterocycles. The fraction of sp³-hybridized carbons (Fsp3) is 0.333. The van der Waals surface area contributed by atoms with E-state index in [1.807, 2.05) is 24.0 Å². The van der Waals surface area contributed by atoms with Crippen LogP contribution in [0.1, 0.15) is 28.8 Å². The van der Waals surface area contributed by atoms with Crippen LogP contribution in [-0.2, 0) is 9.59 Å². The summed E-state index contributed by atoms with van der Waals surface area (Å²) in [4.78, 5) is 42.8. The molecule has 0 aliphatic carbocycles. The third-order valence-corrected chi connectivity index (χ3v) is 5.26. The first-order valence-corrected chi connectivity index (χ1v) is 10.1. The number of nitrogens with zero attached hydrogens (tertiary/aromatic N) is 2. The van der Waals surface area contributed by atoms with Gasteiger partial charge in [-0.3, -0.25) is 30.1 Å². The number of nitrogens with one attached hydrogen (secondary N) is 3. The van der Waals surface area contributed by atoms with E-state index in [1.165, 1.54) is 0 Å². The molecule has 1 aliphatic heterocycles. The van der Waals surface area contributed by atoms with Gasteiger partial charge in [-0.05, 0) is 62.7 Å². The predicted molar refractivity (Wildman–Crippen MR) is 114 cm³/mol. The lowest BCUT2D eigenvalue weighted by Crippen LogP contribution is -2.48. The first kappa shape index (κ1) is 21.7. The van der Waals surface area contributed by atoms with Gasteiger partial charge in [0.25, 0.3) is 11.8 Å². The van der Waals surface area contributed by atoms with Gasteiger partial charge >= 0.3 is 0 Å². The number of aryl methyl sites for hydroxylation is 1. The highest BCUT2D eigenvalue weighted by atomic mass is 35.5. The smallest absolute Gasteiger partial charge is 0.271 e. The summed E-state index contributed by atoms with van der Waals surface area (Å²) in [5.74, 6) is -0.428. The Morgan fingerprint density at radius 2 is 1.87 bits per heavy atom. The van der Waals surface area contributed by atoms with E-state index in [2.05, 4.69) is 21.2 Å². The van der Waals surface area contributed by atoms with Crippen LogP contribution in [0.25, 0.3) is 0 Å². The summed E-state index contributed by atoms with van der Waals surface area (Å²) in [6, 6.07) is 10.3. The van der Waals surface area contributed by atoms with Crippen molar-refractivity contribution >= 4 is 35.1 Å². The number of hydrogen-bond acceptors (Lipinski definition) is 5. The molecule has 30 heavy (non-hydrogen) atoms. The van der Waals surface area contributed by atoms with E-state index in [-0.39, 0.29) is 29.8 Å². The van der Waals surface area contributed by atoms with Gasteiger partial charge in [0.2, 0.25) is 5.91 Å². The maximum absolute atomic E-state index is 12.4. The Balaban J connectivity index is 1.40. The van der Waals surface area contributed by atoms with Crippen molar-refractivity contribution in [2.24, 2.45) is 5.92 Å². The molecule has 1 saturated heterocycles. The zero-order chi connectivity index (χ0) is 21.5. The SMILES string of the molecule is Cc1ccnc(NC(=O)C2CCN(CC(=O)NNC(=O)c3ccccc3Cl)CC2)c1. The second-order valence-electron chi connectivity index (χ2n) is 7.24. The Hall–Kier alpha value is -2.97. The zero-order valence-corrected chi connectivity index (χ0v) is 17.4. The van der Waals surface area contributed by atoms with Gasteiger partial charge in [0, 0.05) is 12.1 Å². The lowest BCUT2D eigenvalue weighted by Gasteiger charge is -2.30. The summed E-state index contributed by atoms with van der Waals surface area (Å²) in [5.41, 5.74) is 6.09. The molecule has 158 valence electrons. The van der Waals surface area contributed by atoms with Crippen molar-refractivity contribution in [1.82, 2.24) is 20.7 Å². The standard InChI is InChI=1S/C21H24ClN5O3/c1-14-6-9-23-18(12-14)24-20(29)15-7-10-27(11-8-15)13-19(28)25-26-21(30)16-4-2-3-5-17(16)22/h2-6,9,12,15H,7-8,10-11,13H2,1H3,(H,25,28)(H,26,30)(H,23,24,29). The lowest BCUT2D eigenvalue weighted by molar-refractivity contribution is -0.124. The van der Waals surface area contributed by atoms with Crippen molar-refractivity contribution < 1.29 is 14.4 Å². The van der Waals surface area contributed by atoms with Crippen molar-refractivity contribution in [3.63, 3.8) is 0 Å². The molecule has 0 saturated carbocycles. The van der Waals surface area contributed by atoms with Crippen molar-refractivity contribution in [1.29, 1.82) is 0 Å². The van der Waals surface area contributed by atoms with E-state index < -0.39 is 5.91 Å². The molecular weight excluding hydrogens is 406 g/mol. The van der Waals surface area contributed by atoms with E-state index in [9.17, 15) is 14.4 Å². The number of benzene rings is 1. The summed E-state index contributed by atoms with van der Waals surface area (Å²) in [6.45, 7) is 3.31. The molecular formula is C21H24ClN5O3. The van der Waals surface area contributed by atoms with Crippen LogP contribution in [0.2, 0.25) is 5.02 Å². The van der Waals surface area contributed by atoms with Gasteiger partial charge in [-0.2, -0.15) is 0 Å². The normalized spacial score (nSPS) is 14.7. The average Bonchev–Trinajstić information content (AvgIpc) is 2.73. The topological polar surface area (TPSA) is 103 Å². The minimum Gasteiger partial charge on any atom is -0.310 e. The van der Waals surface area contributed by atoms with Crippen LogP contribution in [0.5, 0.6) is 0 Å². The molecule has 8 nitrogen and oxygen atoms in total. The Morgan fingerprint density at radius 1 is 1.13 bits per heavy atom. The Kier molecular flexibility index (Phi) is 7.37. The summed E-state index contributed by atoms with van der Waals surface area (Å²) in [5, 5.41) is 3.17. The fourth-order valence-corrected chi connectivity index (χ4v) is 3.49. The molecule has 1 aliphatic rings. The molecule has 3 rings (SSSR count). The third-order valence-electron chi connectivity index (χ3n) is 4.93. The van der Waals surface area contributed by atoms with Crippen LogP contribution in [0.4, 0.5) is 5.82 Å². The lowest BCUT2D eigenvalue weighted by atomic mass is 9.96. The number of anilines is 1. The van der Waals surface area contributed by atoms with Crippen LogP contribution < -0.4 is 16.2 Å². The van der Waals surface area contributed by atoms with Gasteiger partial charge in [0.1, 0.15) is 5.82 Å². The molecule has 3 amide bonds. The fourth-order valence-electron chi connectivity index (χ4n) is 3.27. The van der Waals surface area contributed by atoms with Crippen LogP contribution in [0.3, 0.4) is 0 Å². The Labute approximate surface area is 180 Å². The quantitative estimate of drug-likeness (QED) is 0.632. The van der Waals surface area contributed by atoms with E-state index in [4.69, 9.17) is 11.6 Å². The first-order valence-electron chi connectivity index (χ1n) is 9.72. The molecule has 0 radical (unpaired) electrons. The largest absolute Gasteiger partial charge is 0.310 e. The van der Waals surface area contributed by atoms with Crippen LogP contribution in [0, 0.1) is 12.8 Å². The number of pyridine rings is 1. The molecule has 1 fully saturated rings. The highest BCUT2D eigenvalue weighted by Gasteiger charge is 2.26. The number of hydrogen-bond donors (Lipinski definition) is 3. The highest BCUT2D eigenvalue weighted by molar-refractivity contribution is 6.33. The zero-order valence-electron chi connectivity index (χ0n) is 16.7. The monoisotopic (exact) mass is 429 g/mol. The number of carbonyl (C=O) groups excluding carboxylic acids is 3. The summed E-state index contributed by atoms with van der Waals surface area (Å²) in [7, 11) is 0. The average molecular weight is 430 g/mol. The predicted octanol–water partition coefficient (Wildman–Crippen LogP) is 2.16. The van der Waals surface area contributed by atoms with Gasteiger partial charge in [-0.1, -0.05) is 23.7 Å². The summed E-state index contributed by atoms with van der Waals surface area (Å²) >= 11 is 5.97. The van der Waals surface area contributed by atoms with E-state index in [0.717, 1.165) is 5.56 Å². The van der Waals surface area contributed by atoms with Crippen molar-refractivity contribution in [3.05, 3.63) is 58.7 Å². The van der Waals surface area contributed by atoms with E-state index >= 15 is 0 Å². The number of aromatic nitrogens is 1. The van der Waals surface area contributed by atoms with Crippen LogP contribution in [-0.4, -0.2) is 47.2 Å². The third kappa shape index (κ3) is 6.01. The maximum Gasteiger partial charge on any atom is 0.271 e. The van der Waals surface area contributed by atoms with E-state index in [0.29, 0.717) is 36.8 Å². The van der Waals surface area contributed by atoms with Crippen molar-refractivity contribution in [2.75, 3.05) is 25.0 Å². The van der Waals surface area contributed by atoms with E-state index in [1.54, 1.807) is 30.5 Å². The highest BCUT2D eigenvalue weighted by Crippen LogP contribution is 2.19. The van der Waals surface area contributed by atoms with Gasteiger partial charge in [0.05, 0.1) is 17.1 Å². The summed E-state index contributed by atoms with van der Waals surface area (Å²) < 4.78 is 0. The molecule has 0 bridgehead atoms. The molecule has 1 aromatic carbocycles. The number of hydrazine groups is 1. The van der Waals surface area contributed by atoms with Gasteiger partial charge < -0.3 is 5.32 Å². The molecule has 0 unspecified atom stereocenters. The van der Waals surface area contributed by atoms with Crippen molar-refractivity contribution in [3.8, 4) is 0 Å². The van der Waals surface area contributed by atoms with Crippen LogP contribution in [0.15, 0.2) is 42.6 Å². The molecule has 0 spiro atoms. The maximum atomic E-state index is 12.4.